The predicted molar refractivity (Wildman–Crippen MR) is 142 cm³/mol. The normalized spacial score (nSPS) is 42.5. The van der Waals surface area contributed by atoms with Crippen molar-refractivity contribution < 1.29 is 19.4 Å². The lowest BCUT2D eigenvalue weighted by atomic mass is 9.44. The van der Waals surface area contributed by atoms with Crippen molar-refractivity contribution in [2.45, 2.75) is 126 Å². The van der Waals surface area contributed by atoms with Gasteiger partial charge in [0.2, 0.25) is 0 Å². The maximum Gasteiger partial charge on any atom is 0.312 e. The lowest BCUT2D eigenvalue weighted by molar-refractivity contribution is -0.177. The Morgan fingerprint density at radius 1 is 1.03 bits per heavy atom. The van der Waals surface area contributed by atoms with E-state index < -0.39 is 11.5 Å². The van der Waals surface area contributed by atoms with Gasteiger partial charge < -0.3 is 9.84 Å². The molecule has 4 fully saturated rings. The molecular weight excluding hydrogens is 436 g/mol. The molecule has 0 amide bonds. The summed E-state index contributed by atoms with van der Waals surface area (Å²) < 4.78 is 5.46. The Bertz CT molecular complexity index is 826. The first-order valence-corrected chi connectivity index (χ1v) is 14.5. The average Bonchev–Trinajstić information content (AvgIpc) is 3.51. The lowest BCUT2D eigenvalue weighted by Crippen LogP contribution is -2.59. The van der Waals surface area contributed by atoms with Crippen LogP contribution in [0.2, 0.25) is 0 Å². The Labute approximate surface area is 214 Å². The molecule has 0 heterocycles. The number of aliphatic hydroxyl groups is 1. The fraction of sp³-hybridized carbons (Fsp3) is 0.871. The maximum atomic E-state index is 12.9. The minimum Gasteiger partial charge on any atom is -0.466 e. The van der Waals surface area contributed by atoms with E-state index >= 15 is 0 Å². The third-order valence-electron chi connectivity index (χ3n) is 11.2. The Morgan fingerprint density at radius 2 is 1.69 bits per heavy atom. The van der Waals surface area contributed by atoms with Crippen LogP contribution in [0.4, 0.5) is 0 Å². The van der Waals surface area contributed by atoms with Crippen LogP contribution >= 0.6 is 0 Å². The molecule has 5 aliphatic carbocycles. The molecule has 0 saturated heterocycles. The van der Waals surface area contributed by atoms with E-state index in [-0.39, 0.29) is 28.5 Å². The molecule has 7 atom stereocenters. The van der Waals surface area contributed by atoms with Crippen LogP contribution in [-0.2, 0) is 14.3 Å². The van der Waals surface area contributed by atoms with Crippen molar-refractivity contribution in [3.8, 4) is 0 Å². The highest BCUT2D eigenvalue weighted by atomic mass is 16.5. The second kappa shape index (κ2) is 10.3. The van der Waals surface area contributed by atoms with Crippen LogP contribution in [0.1, 0.15) is 120 Å². The molecule has 0 aromatic carbocycles. The number of aliphatic hydroxyl groups excluding tert-OH is 1. The van der Waals surface area contributed by atoms with Gasteiger partial charge in [0.25, 0.3) is 0 Å². The quantitative estimate of drug-likeness (QED) is 0.424. The molecule has 0 bridgehead atoms. The smallest absolute Gasteiger partial charge is 0.312 e. The molecule has 4 heteroatoms. The number of fused-ring (bicyclic) bond motifs is 5. The van der Waals surface area contributed by atoms with Crippen LogP contribution in [0.5, 0.6) is 0 Å². The van der Waals surface area contributed by atoms with Gasteiger partial charge in [-0.2, -0.15) is 0 Å². The Kier molecular flexibility index (Phi) is 8.37. The van der Waals surface area contributed by atoms with Gasteiger partial charge >= 0.3 is 5.97 Å². The standard InChI is InChI=1S/C23H34O4.C6H12.C2H6/c1-5-27-20(26)22(3)11-9-17-16-7-6-14-12-15(24)8-10-21(14,2)19(16)18(25)13-23(17,22)4;1-3-6(2)4-5-6;1-2/h12,16-19,25H,5-11,13H2,1-4H3;3-5H2,1-2H3;1-2H3. The topological polar surface area (TPSA) is 63.6 Å². The lowest BCUT2D eigenvalue weighted by Gasteiger charge is -2.60. The summed E-state index contributed by atoms with van der Waals surface area (Å²) in [6, 6.07) is 0. The molecular formula is C31H52O4. The minimum atomic E-state index is -0.515. The van der Waals surface area contributed by atoms with Crippen molar-refractivity contribution >= 4 is 11.8 Å². The second-order valence-corrected chi connectivity index (χ2v) is 12.8. The number of esters is 1. The molecule has 5 rings (SSSR count). The predicted octanol–water partition coefficient (Wildman–Crippen LogP) is 7.28. The van der Waals surface area contributed by atoms with Gasteiger partial charge in [-0.1, -0.05) is 53.5 Å². The number of ketones is 1. The van der Waals surface area contributed by atoms with Gasteiger partial charge in [-0.3, -0.25) is 9.59 Å². The van der Waals surface area contributed by atoms with E-state index in [1.807, 2.05) is 26.8 Å². The van der Waals surface area contributed by atoms with Gasteiger partial charge in [-0.05, 0) is 105 Å². The summed E-state index contributed by atoms with van der Waals surface area (Å²) in [6.45, 7) is 17.5. The third kappa shape index (κ3) is 4.78. The van der Waals surface area contributed by atoms with E-state index in [0.717, 1.165) is 37.5 Å². The van der Waals surface area contributed by atoms with Gasteiger partial charge in [0.15, 0.2) is 5.78 Å². The summed E-state index contributed by atoms with van der Waals surface area (Å²) in [5.74, 6) is 1.22. The second-order valence-electron chi connectivity index (χ2n) is 12.8. The zero-order valence-electron chi connectivity index (χ0n) is 23.8. The van der Waals surface area contributed by atoms with Crippen LogP contribution in [-0.4, -0.2) is 29.6 Å². The molecule has 0 aliphatic heterocycles. The summed E-state index contributed by atoms with van der Waals surface area (Å²) in [7, 11) is 0. The SMILES string of the molecule is CC.CCC1(C)CC1.CCOC(=O)C1(C)CCC2C3CCC4=CC(=O)CCC4(C)C3C(O)CC21C. The number of carbonyl (C=O) groups excluding carboxylic acids is 2. The minimum absolute atomic E-state index is 0.0690. The highest BCUT2D eigenvalue weighted by Crippen LogP contribution is 2.70. The highest BCUT2D eigenvalue weighted by Gasteiger charge is 2.67. The fourth-order valence-electron chi connectivity index (χ4n) is 8.12. The molecule has 0 spiro atoms. The Hall–Kier alpha value is -1.16. The monoisotopic (exact) mass is 488 g/mol. The van der Waals surface area contributed by atoms with Gasteiger partial charge in [0.05, 0.1) is 18.1 Å². The molecule has 5 aliphatic rings. The van der Waals surface area contributed by atoms with Crippen molar-refractivity contribution in [2.75, 3.05) is 6.61 Å². The molecule has 4 nitrogen and oxygen atoms in total. The zero-order chi connectivity index (χ0) is 26.2. The summed E-state index contributed by atoms with van der Waals surface area (Å²) in [6.07, 6.45) is 11.8. The molecule has 0 radical (unpaired) electrons. The van der Waals surface area contributed by atoms with E-state index in [2.05, 4.69) is 34.6 Å². The number of hydrogen-bond acceptors (Lipinski definition) is 4. The Balaban J connectivity index is 0.000000369. The van der Waals surface area contributed by atoms with E-state index in [4.69, 9.17) is 4.74 Å². The number of rotatable bonds is 3. The van der Waals surface area contributed by atoms with Crippen molar-refractivity contribution in [1.82, 2.24) is 0 Å². The van der Waals surface area contributed by atoms with E-state index in [0.29, 0.717) is 31.3 Å². The molecule has 0 aromatic rings. The molecule has 0 aromatic heterocycles. The summed E-state index contributed by atoms with van der Waals surface area (Å²) in [5, 5.41) is 11.4. The van der Waals surface area contributed by atoms with Crippen LogP contribution < -0.4 is 0 Å². The van der Waals surface area contributed by atoms with Crippen molar-refractivity contribution in [3.05, 3.63) is 11.6 Å². The van der Waals surface area contributed by atoms with E-state index in [1.165, 1.54) is 24.8 Å². The van der Waals surface area contributed by atoms with Crippen LogP contribution in [0.15, 0.2) is 11.6 Å². The largest absolute Gasteiger partial charge is 0.466 e. The fourth-order valence-corrected chi connectivity index (χ4v) is 8.12. The highest BCUT2D eigenvalue weighted by molar-refractivity contribution is 5.91. The summed E-state index contributed by atoms with van der Waals surface area (Å²) >= 11 is 0. The van der Waals surface area contributed by atoms with Gasteiger partial charge in [-0.25, -0.2) is 0 Å². The number of carbonyl (C=O) groups is 2. The Morgan fingerprint density at radius 3 is 2.23 bits per heavy atom. The maximum absolute atomic E-state index is 12.9. The number of allylic oxidation sites excluding steroid dienone is 1. The zero-order valence-corrected chi connectivity index (χ0v) is 23.8. The molecule has 200 valence electrons. The van der Waals surface area contributed by atoms with E-state index in [1.54, 1.807) is 0 Å². The van der Waals surface area contributed by atoms with Crippen molar-refractivity contribution in [1.29, 1.82) is 0 Å². The van der Waals surface area contributed by atoms with Crippen LogP contribution in [0.3, 0.4) is 0 Å². The molecule has 4 saturated carbocycles. The molecule has 1 N–H and O–H groups in total. The third-order valence-corrected chi connectivity index (χ3v) is 11.2. The van der Waals surface area contributed by atoms with Crippen LogP contribution in [0.25, 0.3) is 0 Å². The van der Waals surface area contributed by atoms with E-state index in [9.17, 15) is 14.7 Å². The molecule has 7 unspecified atom stereocenters. The number of hydrogen-bond donors (Lipinski definition) is 1. The summed E-state index contributed by atoms with van der Waals surface area (Å²) in [4.78, 5) is 24.8. The van der Waals surface area contributed by atoms with Crippen molar-refractivity contribution in [2.24, 2.45) is 39.4 Å². The number of ether oxygens (including phenoxy) is 1. The first-order valence-electron chi connectivity index (χ1n) is 14.5. The molecule has 35 heavy (non-hydrogen) atoms. The first-order chi connectivity index (χ1) is 16.4. The van der Waals surface area contributed by atoms with Gasteiger partial charge in [0, 0.05) is 6.42 Å². The van der Waals surface area contributed by atoms with Gasteiger partial charge in [-0.15, -0.1) is 0 Å². The first kappa shape index (κ1) is 28.4. The summed E-state index contributed by atoms with van der Waals surface area (Å²) in [5.41, 5.74) is 1.25. The van der Waals surface area contributed by atoms with Crippen molar-refractivity contribution in [3.63, 3.8) is 0 Å². The average molecular weight is 489 g/mol. The van der Waals surface area contributed by atoms with Crippen LogP contribution in [0, 0.1) is 39.4 Å². The van der Waals surface area contributed by atoms with Gasteiger partial charge in [0.1, 0.15) is 0 Å².